The maximum Gasteiger partial charge on any atom is 0.240 e. The van der Waals surface area contributed by atoms with E-state index in [-0.39, 0.29) is 12.0 Å². The molecule has 7 heteroatoms. The van der Waals surface area contributed by atoms with Crippen LogP contribution in [0.15, 0.2) is 53.4 Å². The topological polar surface area (TPSA) is 79.5 Å². The fourth-order valence-corrected chi connectivity index (χ4v) is 4.78. The van der Waals surface area contributed by atoms with Crippen molar-refractivity contribution in [3.63, 3.8) is 0 Å². The number of sulfonamides is 1. The fourth-order valence-electron chi connectivity index (χ4n) is 3.37. The zero-order chi connectivity index (χ0) is 19.3. The third-order valence-electron chi connectivity index (χ3n) is 4.82. The van der Waals surface area contributed by atoms with Gasteiger partial charge >= 0.3 is 0 Å². The molecule has 0 saturated carbocycles. The minimum atomic E-state index is -3.54. The lowest BCUT2D eigenvalue weighted by Gasteiger charge is -2.20. The van der Waals surface area contributed by atoms with E-state index in [2.05, 4.69) is 15.6 Å². The van der Waals surface area contributed by atoms with E-state index >= 15 is 0 Å². The van der Waals surface area contributed by atoms with Crippen molar-refractivity contribution in [3.05, 3.63) is 59.7 Å². The molecular weight excluding hydrogens is 362 g/mol. The van der Waals surface area contributed by atoms with Crippen LogP contribution >= 0.6 is 0 Å². The smallest absolute Gasteiger partial charge is 0.240 e. The number of hydrazine groups is 1. The van der Waals surface area contributed by atoms with Gasteiger partial charge in [0.15, 0.2) is 0 Å². The second-order valence-corrected chi connectivity index (χ2v) is 8.31. The highest BCUT2D eigenvalue weighted by atomic mass is 32.2. The summed E-state index contributed by atoms with van der Waals surface area (Å²) in [4.78, 5) is 0.365. The number of hydrogen-bond acceptors (Lipinski definition) is 5. The molecule has 1 aliphatic heterocycles. The van der Waals surface area contributed by atoms with Gasteiger partial charge in [0, 0.05) is 19.0 Å². The molecule has 2 atom stereocenters. The normalized spacial score (nSPS) is 19.9. The summed E-state index contributed by atoms with van der Waals surface area (Å²) in [6.45, 7) is 5.59. The molecule has 3 N–H and O–H groups in total. The standard InChI is InChI=1S/C20H27N3O3S/c1-3-15-7-5-6-8-19(15)27(24,25)22-14-17-13-21-23-20(17)16-9-11-18(12-10-16)26-4-2/h5-12,17,20-23H,3-4,13-14H2,1-2H3. The lowest BCUT2D eigenvalue weighted by Crippen LogP contribution is -2.33. The van der Waals surface area contributed by atoms with Crippen molar-refractivity contribution in [2.24, 2.45) is 5.92 Å². The second kappa shape index (κ2) is 8.84. The van der Waals surface area contributed by atoms with Gasteiger partial charge in [0.25, 0.3) is 0 Å². The van der Waals surface area contributed by atoms with Crippen molar-refractivity contribution >= 4 is 10.0 Å². The van der Waals surface area contributed by atoms with E-state index in [9.17, 15) is 8.42 Å². The molecular formula is C20H27N3O3S. The van der Waals surface area contributed by atoms with Crippen molar-refractivity contribution < 1.29 is 13.2 Å². The average molecular weight is 390 g/mol. The van der Waals surface area contributed by atoms with Gasteiger partial charge in [-0.05, 0) is 42.7 Å². The van der Waals surface area contributed by atoms with Gasteiger partial charge in [0.2, 0.25) is 10.0 Å². The summed E-state index contributed by atoms with van der Waals surface area (Å²) >= 11 is 0. The zero-order valence-corrected chi connectivity index (χ0v) is 16.6. The lowest BCUT2D eigenvalue weighted by molar-refractivity contribution is 0.340. The molecule has 0 aromatic heterocycles. The molecule has 146 valence electrons. The SMILES string of the molecule is CCOc1ccc(C2NNCC2CNS(=O)(=O)c2ccccc2CC)cc1. The van der Waals surface area contributed by atoms with E-state index in [1.165, 1.54) is 0 Å². The molecule has 0 spiro atoms. The van der Waals surface area contributed by atoms with E-state index in [1.807, 2.05) is 50.2 Å². The third kappa shape index (κ3) is 4.68. The minimum Gasteiger partial charge on any atom is -0.494 e. The Morgan fingerprint density at radius 3 is 2.56 bits per heavy atom. The van der Waals surface area contributed by atoms with E-state index in [0.29, 0.717) is 31.0 Å². The molecule has 2 unspecified atom stereocenters. The van der Waals surface area contributed by atoms with Crippen LogP contribution in [-0.2, 0) is 16.4 Å². The highest BCUT2D eigenvalue weighted by Crippen LogP contribution is 2.27. The molecule has 1 saturated heterocycles. The number of rotatable bonds is 8. The summed E-state index contributed by atoms with van der Waals surface area (Å²) in [7, 11) is -3.54. The first-order chi connectivity index (χ1) is 13.0. The molecule has 1 fully saturated rings. The highest BCUT2D eigenvalue weighted by Gasteiger charge is 2.30. The molecule has 2 aromatic rings. The molecule has 1 aliphatic rings. The van der Waals surface area contributed by atoms with E-state index in [1.54, 1.807) is 12.1 Å². The Balaban J connectivity index is 1.69. The van der Waals surface area contributed by atoms with Crippen molar-refractivity contribution in [1.29, 1.82) is 0 Å². The van der Waals surface area contributed by atoms with Gasteiger partial charge in [-0.1, -0.05) is 37.3 Å². The van der Waals surface area contributed by atoms with Gasteiger partial charge in [-0.15, -0.1) is 0 Å². The van der Waals surface area contributed by atoms with Crippen LogP contribution in [0.3, 0.4) is 0 Å². The van der Waals surface area contributed by atoms with Crippen LogP contribution in [0.25, 0.3) is 0 Å². The zero-order valence-electron chi connectivity index (χ0n) is 15.7. The fraction of sp³-hybridized carbons (Fsp3) is 0.400. The van der Waals surface area contributed by atoms with Crippen LogP contribution in [0.2, 0.25) is 0 Å². The number of ether oxygens (including phenoxy) is 1. The van der Waals surface area contributed by atoms with E-state index in [0.717, 1.165) is 16.9 Å². The first-order valence-electron chi connectivity index (χ1n) is 9.34. The largest absolute Gasteiger partial charge is 0.494 e. The highest BCUT2D eigenvalue weighted by molar-refractivity contribution is 7.89. The maximum atomic E-state index is 12.8. The number of nitrogens with one attached hydrogen (secondary N) is 3. The molecule has 2 aromatic carbocycles. The second-order valence-electron chi connectivity index (χ2n) is 6.58. The molecule has 0 aliphatic carbocycles. The van der Waals surface area contributed by atoms with Gasteiger partial charge < -0.3 is 4.74 Å². The molecule has 0 radical (unpaired) electrons. The van der Waals surface area contributed by atoms with Crippen molar-refractivity contribution in [3.8, 4) is 5.75 Å². The van der Waals surface area contributed by atoms with Gasteiger partial charge in [-0.2, -0.15) is 0 Å². The summed E-state index contributed by atoms with van der Waals surface area (Å²) in [5.74, 6) is 0.937. The Hall–Kier alpha value is -1.93. The van der Waals surface area contributed by atoms with Crippen molar-refractivity contribution in [2.45, 2.75) is 31.2 Å². The van der Waals surface area contributed by atoms with Gasteiger partial charge in [0.05, 0.1) is 17.5 Å². The Morgan fingerprint density at radius 2 is 1.85 bits per heavy atom. The quantitative estimate of drug-likeness (QED) is 0.646. The van der Waals surface area contributed by atoms with Crippen LogP contribution in [0.5, 0.6) is 5.75 Å². The molecule has 6 nitrogen and oxygen atoms in total. The number of aryl methyl sites for hydroxylation is 1. The molecule has 3 rings (SSSR count). The minimum absolute atomic E-state index is 0.0322. The predicted molar refractivity (Wildman–Crippen MR) is 106 cm³/mol. The Bertz CT molecular complexity index is 853. The predicted octanol–water partition coefficient (Wildman–Crippen LogP) is 2.39. The number of benzene rings is 2. The first kappa shape index (κ1) is 19.8. The van der Waals surface area contributed by atoms with Gasteiger partial charge in [0.1, 0.15) is 5.75 Å². The van der Waals surface area contributed by atoms with Gasteiger partial charge in [-0.25, -0.2) is 18.6 Å². The summed E-state index contributed by atoms with van der Waals surface area (Å²) in [6, 6.07) is 15.1. The summed E-state index contributed by atoms with van der Waals surface area (Å²) in [6.07, 6.45) is 0.679. The third-order valence-corrected chi connectivity index (χ3v) is 6.35. The Kier molecular flexibility index (Phi) is 6.49. The Labute approximate surface area is 161 Å². The lowest BCUT2D eigenvalue weighted by atomic mass is 9.95. The average Bonchev–Trinajstić information content (AvgIpc) is 3.16. The van der Waals surface area contributed by atoms with E-state index in [4.69, 9.17) is 4.74 Å². The Morgan fingerprint density at radius 1 is 1.11 bits per heavy atom. The summed E-state index contributed by atoms with van der Waals surface area (Å²) in [5, 5.41) is 0. The monoisotopic (exact) mass is 389 g/mol. The summed E-state index contributed by atoms with van der Waals surface area (Å²) in [5.41, 5.74) is 8.32. The van der Waals surface area contributed by atoms with Crippen LogP contribution < -0.4 is 20.3 Å². The van der Waals surface area contributed by atoms with Crippen molar-refractivity contribution in [2.75, 3.05) is 19.7 Å². The molecule has 0 bridgehead atoms. The molecule has 27 heavy (non-hydrogen) atoms. The van der Waals surface area contributed by atoms with E-state index < -0.39 is 10.0 Å². The van der Waals surface area contributed by atoms with Crippen LogP contribution in [0.1, 0.15) is 31.0 Å². The van der Waals surface area contributed by atoms with Gasteiger partial charge in [-0.3, -0.25) is 5.43 Å². The first-order valence-corrected chi connectivity index (χ1v) is 10.8. The maximum absolute atomic E-state index is 12.8. The van der Waals surface area contributed by atoms with Crippen LogP contribution in [0, 0.1) is 5.92 Å². The van der Waals surface area contributed by atoms with Crippen LogP contribution in [-0.4, -0.2) is 28.1 Å². The van der Waals surface area contributed by atoms with Crippen LogP contribution in [0.4, 0.5) is 0 Å². The summed E-state index contributed by atoms with van der Waals surface area (Å²) < 4.78 is 33.8. The number of hydrogen-bond donors (Lipinski definition) is 3. The van der Waals surface area contributed by atoms with Crippen molar-refractivity contribution in [1.82, 2.24) is 15.6 Å². The molecule has 1 heterocycles. The molecule has 0 amide bonds.